The molecule has 6 aliphatic rings. The number of rotatable bonds is 5. The Balaban J connectivity index is 1.20. The van der Waals surface area contributed by atoms with Crippen molar-refractivity contribution in [3.63, 3.8) is 0 Å². The molecule has 0 spiro atoms. The summed E-state index contributed by atoms with van der Waals surface area (Å²) in [5.74, 6) is -0.650. The van der Waals surface area contributed by atoms with Crippen molar-refractivity contribution in [2.45, 2.75) is 25.9 Å². The molecule has 1 aliphatic heterocycles. The molecule has 6 heteroatoms. The number of imide groups is 1. The van der Waals surface area contributed by atoms with Crippen LogP contribution in [0.15, 0.2) is 60.7 Å². The molecule has 3 fully saturated rings. The van der Waals surface area contributed by atoms with Crippen LogP contribution < -0.4 is 4.90 Å². The van der Waals surface area contributed by atoms with Crippen LogP contribution in [0.3, 0.4) is 0 Å². The Labute approximate surface area is 192 Å². The number of hydrogen-bond donors (Lipinski definition) is 0. The minimum absolute atomic E-state index is 0.148. The number of amides is 2. The minimum atomic E-state index is -0.895. The maximum absolute atomic E-state index is 13.3. The molecule has 0 aromatic heterocycles. The zero-order valence-electron chi connectivity index (χ0n) is 18.3. The SMILES string of the molecule is C[C@H](OC(=O)c1cccc(N2C(=O)[C@@H]3[C@H]4C=C[C@@H]([C@@H]5C[C@H]45)[C@@H]3C2=O)c1)C(=O)[C@H]1C=CC=CC1. The Morgan fingerprint density at radius 1 is 1.00 bits per heavy atom. The maximum atomic E-state index is 13.3. The Bertz CT molecular complexity index is 1130. The van der Waals surface area contributed by atoms with Crippen LogP contribution in [0.5, 0.6) is 0 Å². The highest BCUT2D eigenvalue weighted by molar-refractivity contribution is 6.23. The summed E-state index contributed by atoms with van der Waals surface area (Å²) in [5.41, 5.74) is 0.604. The standard InChI is InChI=1S/C27H25NO5/c1-14(24(29)15-6-3-2-4-7-15)33-27(32)16-8-5-9-17(12-16)28-25(30)22-18-10-11-19(21-13-20(18)21)23(22)26(28)31/h2-6,8-12,14-15,18-23H,7,13H2,1H3/t14-,15-,18-,19-,20-,21+,22-,23+/m0/s1. The van der Waals surface area contributed by atoms with Gasteiger partial charge in [-0.25, -0.2) is 9.69 Å². The van der Waals surface area contributed by atoms with Gasteiger partial charge in [0.25, 0.3) is 0 Å². The van der Waals surface area contributed by atoms with Gasteiger partial charge in [0.1, 0.15) is 0 Å². The normalized spacial score (nSPS) is 35.9. The lowest BCUT2D eigenvalue weighted by atomic mass is 9.63. The van der Waals surface area contributed by atoms with Crippen LogP contribution >= 0.6 is 0 Å². The monoisotopic (exact) mass is 443 g/mol. The molecule has 0 radical (unpaired) electrons. The fourth-order valence-corrected chi connectivity index (χ4v) is 6.36. The molecular formula is C27H25NO5. The van der Waals surface area contributed by atoms with E-state index in [1.165, 1.54) is 11.0 Å². The third-order valence-corrected chi connectivity index (χ3v) is 8.03. The van der Waals surface area contributed by atoms with Crippen LogP contribution in [0.2, 0.25) is 0 Å². The van der Waals surface area contributed by atoms with E-state index in [1.807, 2.05) is 24.3 Å². The van der Waals surface area contributed by atoms with Gasteiger partial charge in [-0.1, -0.05) is 42.5 Å². The lowest BCUT2D eigenvalue weighted by Crippen LogP contribution is -2.40. The largest absolute Gasteiger partial charge is 0.451 e. The van der Waals surface area contributed by atoms with Crippen molar-refractivity contribution in [2.24, 2.45) is 41.4 Å². The van der Waals surface area contributed by atoms with Crippen LogP contribution in [0, 0.1) is 41.4 Å². The molecule has 1 aromatic rings. The van der Waals surface area contributed by atoms with Gasteiger partial charge in [0.05, 0.1) is 23.1 Å². The number of anilines is 1. The van der Waals surface area contributed by atoms with Crippen molar-refractivity contribution in [3.8, 4) is 0 Å². The average Bonchev–Trinajstić information content (AvgIpc) is 3.62. The first-order valence-electron chi connectivity index (χ1n) is 11.7. The summed E-state index contributed by atoms with van der Waals surface area (Å²) in [6.07, 6.45) is 12.5. The van der Waals surface area contributed by atoms with Gasteiger partial charge < -0.3 is 4.74 Å². The van der Waals surface area contributed by atoms with Crippen LogP contribution in [-0.2, 0) is 19.1 Å². The third-order valence-electron chi connectivity index (χ3n) is 8.03. The lowest BCUT2D eigenvalue weighted by Gasteiger charge is -2.37. The molecule has 5 aliphatic carbocycles. The Kier molecular flexibility index (Phi) is 4.54. The predicted molar refractivity (Wildman–Crippen MR) is 120 cm³/mol. The number of Topliss-reactive ketones (excluding diaryl/α,β-unsaturated/α-hetero) is 1. The van der Waals surface area contributed by atoms with Crippen molar-refractivity contribution in [2.75, 3.05) is 4.90 Å². The van der Waals surface area contributed by atoms with Gasteiger partial charge in [0, 0.05) is 5.92 Å². The number of allylic oxidation sites excluding steroid dienone is 6. The fourth-order valence-electron chi connectivity index (χ4n) is 6.36. The van der Waals surface area contributed by atoms with Gasteiger partial charge in [-0.2, -0.15) is 0 Å². The van der Waals surface area contributed by atoms with E-state index in [-0.39, 0.29) is 52.8 Å². The van der Waals surface area contributed by atoms with Gasteiger partial charge in [0.2, 0.25) is 11.8 Å². The molecule has 1 saturated heterocycles. The van der Waals surface area contributed by atoms with Gasteiger partial charge >= 0.3 is 5.97 Å². The number of ketones is 1. The maximum Gasteiger partial charge on any atom is 0.338 e. The molecule has 33 heavy (non-hydrogen) atoms. The molecule has 168 valence electrons. The zero-order chi connectivity index (χ0) is 22.9. The van der Waals surface area contributed by atoms with Crippen molar-refractivity contribution >= 4 is 29.3 Å². The Hall–Kier alpha value is -3.28. The Morgan fingerprint density at radius 2 is 1.70 bits per heavy atom. The second-order valence-corrected chi connectivity index (χ2v) is 9.82. The number of nitrogens with zero attached hydrogens (tertiary/aromatic N) is 1. The van der Waals surface area contributed by atoms with E-state index in [9.17, 15) is 19.2 Å². The van der Waals surface area contributed by atoms with E-state index >= 15 is 0 Å². The van der Waals surface area contributed by atoms with E-state index in [4.69, 9.17) is 4.74 Å². The highest BCUT2D eigenvalue weighted by Crippen LogP contribution is 2.65. The van der Waals surface area contributed by atoms with E-state index < -0.39 is 12.1 Å². The van der Waals surface area contributed by atoms with Gasteiger partial charge in [-0.15, -0.1) is 0 Å². The number of benzene rings is 1. The molecule has 2 amide bonds. The van der Waals surface area contributed by atoms with Crippen LogP contribution in [-0.4, -0.2) is 29.7 Å². The number of ether oxygens (including phenoxy) is 1. The zero-order valence-corrected chi connectivity index (χ0v) is 18.3. The van der Waals surface area contributed by atoms with Crippen molar-refractivity contribution < 1.29 is 23.9 Å². The summed E-state index contributed by atoms with van der Waals surface area (Å²) in [4.78, 5) is 53.3. The fraction of sp³-hybridized carbons (Fsp3) is 0.407. The first-order chi connectivity index (χ1) is 16.0. The molecule has 1 aromatic carbocycles. The highest BCUT2D eigenvalue weighted by Gasteiger charge is 2.67. The van der Waals surface area contributed by atoms with Gasteiger partial charge in [0.15, 0.2) is 11.9 Å². The first kappa shape index (κ1) is 20.3. The second kappa shape index (κ2) is 7.37. The Morgan fingerprint density at radius 3 is 2.33 bits per heavy atom. The number of esters is 1. The second-order valence-electron chi connectivity index (χ2n) is 9.82. The van der Waals surface area contributed by atoms with Crippen LogP contribution in [0.4, 0.5) is 5.69 Å². The molecule has 0 N–H and O–H groups in total. The molecular weight excluding hydrogens is 418 g/mol. The number of hydrogen-bond acceptors (Lipinski definition) is 5. The van der Waals surface area contributed by atoms with Gasteiger partial charge in [-0.3, -0.25) is 14.4 Å². The summed E-state index contributed by atoms with van der Waals surface area (Å²) in [6, 6.07) is 6.41. The van der Waals surface area contributed by atoms with Crippen molar-refractivity contribution in [1.82, 2.24) is 0 Å². The minimum Gasteiger partial charge on any atom is -0.451 e. The van der Waals surface area contributed by atoms with Crippen molar-refractivity contribution in [3.05, 3.63) is 66.3 Å². The highest BCUT2D eigenvalue weighted by atomic mass is 16.5. The molecule has 8 atom stereocenters. The average molecular weight is 443 g/mol. The quantitative estimate of drug-likeness (QED) is 0.395. The van der Waals surface area contributed by atoms with E-state index in [0.29, 0.717) is 23.9 Å². The summed E-state index contributed by atoms with van der Waals surface area (Å²) in [6.45, 7) is 1.57. The van der Waals surface area contributed by atoms with E-state index in [2.05, 4.69) is 12.2 Å². The molecule has 1 heterocycles. The molecule has 0 unspecified atom stereocenters. The topological polar surface area (TPSA) is 80.8 Å². The van der Waals surface area contributed by atoms with Crippen LogP contribution in [0.25, 0.3) is 0 Å². The number of carbonyl (C=O) groups excluding carboxylic acids is 4. The molecule has 2 bridgehead atoms. The smallest absolute Gasteiger partial charge is 0.338 e. The first-order valence-corrected chi connectivity index (χ1v) is 11.7. The summed E-state index contributed by atoms with van der Waals surface area (Å²) in [5, 5.41) is 0. The molecule has 7 rings (SSSR count). The molecule has 6 nitrogen and oxygen atoms in total. The predicted octanol–water partition coefficient (Wildman–Crippen LogP) is 3.49. The van der Waals surface area contributed by atoms with Gasteiger partial charge in [-0.05, 0) is 61.6 Å². The summed E-state index contributed by atoms with van der Waals surface area (Å²) < 4.78 is 5.44. The summed E-state index contributed by atoms with van der Waals surface area (Å²) in [7, 11) is 0. The number of carbonyl (C=O) groups is 4. The van der Waals surface area contributed by atoms with E-state index in [0.717, 1.165) is 6.42 Å². The van der Waals surface area contributed by atoms with Crippen LogP contribution in [0.1, 0.15) is 30.1 Å². The lowest BCUT2D eigenvalue weighted by molar-refractivity contribution is -0.129. The molecule has 2 saturated carbocycles. The van der Waals surface area contributed by atoms with Crippen molar-refractivity contribution in [1.29, 1.82) is 0 Å². The summed E-state index contributed by atoms with van der Waals surface area (Å²) >= 11 is 0. The third kappa shape index (κ3) is 3.07. The van der Waals surface area contributed by atoms with E-state index in [1.54, 1.807) is 25.1 Å².